The number of benzene rings is 2. The fourth-order valence-electron chi connectivity index (χ4n) is 4.03. The fraction of sp³-hybridized carbons (Fsp3) is 0.320. The Morgan fingerprint density at radius 2 is 1.84 bits per heavy atom. The molecule has 0 atom stereocenters. The summed E-state index contributed by atoms with van der Waals surface area (Å²) < 4.78 is 7.13. The van der Waals surface area contributed by atoms with Crippen LogP contribution in [0.25, 0.3) is 16.9 Å². The summed E-state index contributed by atoms with van der Waals surface area (Å²) in [6, 6.07) is 17.4. The van der Waals surface area contributed by atoms with Crippen LogP contribution in [0.2, 0.25) is 0 Å². The van der Waals surface area contributed by atoms with Gasteiger partial charge in [0.25, 0.3) is 5.91 Å². The van der Waals surface area contributed by atoms with Gasteiger partial charge in [-0.05, 0) is 43.0 Å². The van der Waals surface area contributed by atoms with Gasteiger partial charge in [0.15, 0.2) is 0 Å². The second-order valence-corrected chi connectivity index (χ2v) is 8.08. The van der Waals surface area contributed by atoms with Crippen LogP contribution in [0.4, 0.5) is 0 Å². The summed E-state index contributed by atoms with van der Waals surface area (Å²) in [7, 11) is 1.62. The molecule has 2 aromatic carbocycles. The molecule has 1 N–H and O–H groups in total. The lowest BCUT2D eigenvalue weighted by molar-refractivity contribution is -0.119. The molecule has 2 heterocycles. The number of nitrogens with one attached hydrogen (secondary N) is 1. The number of aromatic nitrogens is 2. The van der Waals surface area contributed by atoms with E-state index in [0.717, 1.165) is 24.1 Å². The first-order valence-corrected chi connectivity index (χ1v) is 10.9. The zero-order valence-electron chi connectivity index (χ0n) is 18.5. The molecule has 32 heavy (non-hydrogen) atoms. The third-order valence-corrected chi connectivity index (χ3v) is 5.85. The maximum absolute atomic E-state index is 13.5. The average molecular weight is 433 g/mol. The van der Waals surface area contributed by atoms with Crippen LogP contribution < -0.4 is 10.1 Å². The molecular weight excluding hydrogens is 404 g/mol. The molecule has 1 aliphatic heterocycles. The van der Waals surface area contributed by atoms with Crippen molar-refractivity contribution < 1.29 is 14.3 Å². The maximum Gasteiger partial charge on any atom is 0.257 e. The van der Waals surface area contributed by atoms with Crippen molar-refractivity contribution in [2.75, 3.05) is 26.7 Å². The number of hydrogen-bond donors (Lipinski definition) is 1. The summed E-state index contributed by atoms with van der Waals surface area (Å²) >= 11 is 0. The van der Waals surface area contributed by atoms with Crippen LogP contribution >= 0.6 is 0 Å². The zero-order valence-corrected chi connectivity index (χ0v) is 18.5. The van der Waals surface area contributed by atoms with Crippen LogP contribution in [0.5, 0.6) is 5.75 Å². The van der Waals surface area contributed by atoms with E-state index in [1.54, 1.807) is 11.8 Å². The summed E-state index contributed by atoms with van der Waals surface area (Å²) in [4.78, 5) is 26.6. The molecule has 7 nitrogen and oxygen atoms in total. The molecule has 1 aromatic heterocycles. The summed E-state index contributed by atoms with van der Waals surface area (Å²) in [5.74, 6) is 1.07. The van der Waals surface area contributed by atoms with Gasteiger partial charge in [0.1, 0.15) is 11.4 Å². The van der Waals surface area contributed by atoms with Gasteiger partial charge in [-0.1, -0.05) is 30.3 Å². The summed E-state index contributed by atoms with van der Waals surface area (Å²) in [5.41, 5.74) is 2.94. The van der Waals surface area contributed by atoms with Gasteiger partial charge in [0.2, 0.25) is 5.91 Å². The van der Waals surface area contributed by atoms with Crippen molar-refractivity contribution in [2.24, 2.45) is 5.92 Å². The van der Waals surface area contributed by atoms with Crippen LogP contribution in [0.1, 0.15) is 30.1 Å². The van der Waals surface area contributed by atoms with Gasteiger partial charge >= 0.3 is 0 Å². The molecule has 0 radical (unpaired) electrons. The highest BCUT2D eigenvalue weighted by Gasteiger charge is 2.27. The lowest BCUT2D eigenvalue weighted by atomic mass is 9.96. The van der Waals surface area contributed by atoms with E-state index in [2.05, 4.69) is 5.32 Å². The number of amides is 2. The predicted octanol–water partition coefficient (Wildman–Crippen LogP) is 3.54. The van der Waals surface area contributed by atoms with Crippen LogP contribution in [0, 0.1) is 5.92 Å². The van der Waals surface area contributed by atoms with E-state index in [0.29, 0.717) is 42.6 Å². The van der Waals surface area contributed by atoms with Gasteiger partial charge in [-0.2, -0.15) is 5.10 Å². The largest absolute Gasteiger partial charge is 0.497 e. The Balaban J connectivity index is 1.61. The Morgan fingerprint density at radius 3 is 2.53 bits per heavy atom. The van der Waals surface area contributed by atoms with Crippen molar-refractivity contribution in [3.63, 3.8) is 0 Å². The lowest BCUT2D eigenvalue weighted by Gasteiger charge is -2.32. The van der Waals surface area contributed by atoms with Gasteiger partial charge in [0, 0.05) is 38.3 Å². The van der Waals surface area contributed by atoms with Crippen molar-refractivity contribution in [3.05, 3.63) is 66.4 Å². The predicted molar refractivity (Wildman–Crippen MR) is 123 cm³/mol. The van der Waals surface area contributed by atoms with E-state index in [1.165, 1.54) is 6.92 Å². The Morgan fingerprint density at radius 1 is 1.09 bits per heavy atom. The van der Waals surface area contributed by atoms with E-state index in [1.807, 2.05) is 65.7 Å². The summed E-state index contributed by atoms with van der Waals surface area (Å²) in [5, 5.41) is 7.66. The molecular formula is C25H28N4O3. The highest BCUT2D eigenvalue weighted by atomic mass is 16.5. The third kappa shape index (κ3) is 4.82. The fourth-order valence-corrected chi connectivity index (χ4v) is 4.03. The minimum absolute atomic E-state index is 0.0141. The molecule has 0 spiro atoms. The monoisotopic (exact) mass is 432 g/mol. The van der Waals surface area contributed by atoms with E-state index >= 15 is 0 Å². The van der Waals surface area contributed by atoms with E-state index < -0.39 is 0 Å². The van der Waals surface area contributed by atoms with Crippen molar-refractivity contribution >= 4 is 11.8 Å². The molecule has 0 saturated carbocycles. The molecule has 1 fully saturated rings. The van der Waals surface area contributed by atoms with Crippen molar-refractivity contribution in [1.29, 1.82) is 0 Å². The SMILES string of the molecule is COc1cccc(-c2nn(-c3ccccc3)cc2C(=O)N2CCC(CNC(C)=O)CC2)c1. The standard InChI is InChI=1S/C25H28N4O3/c1-18(30)26-16-19-11-13-28(14-12-19)25(31)23-17-29(21-8-4-3-5-9-21)27-24(23)20-7-6-10-22(15-20)32-2/h3-10,15,17,19H,11-14,16H2,1-2H3,(H,26,30). The number of methoxy groups -OCH3 is 1. The van der Waals surface area contributed by atoms with Crippen LogP contribution in [-0.4, -0.2) is 53.2 Å². The number of nitrogens with zero attached hydrogens (tertiary/aromatic N) is 3. The number of carbonyl (C=O) groups is 2. The first kappa shape index (κ1) is 21.6. The number of ether oxygens (including phenoxy) is 1. The van der Waals surface area contributed by atoms with Gasteiger partial charge in [-0.25, -0.2) is 4.68 Å². The molecule has 3 aromatic rings. The Labute approximate surface area is 188 Å². The first-order valence-electron chi connectivity index (χ1n) is 10.9. The number of carbonyl (C=O) groups excluding carboxylic acids is 2. The molecule has 1 saturated heterocycles. The minimum atomic E-state index is -0.0250. The number of piperidine rings is 1. The molecule has 4 rings (SSSR count). The maximum atomic E-state index is 13.5. The van der Waals surface area contributed by atoms with Gasteiger partial charge in [-0.15, -0.1) is 0 Å². The molecule has 1 aliphatic rings. The zero-order chi connectivity index (χ0) is 22.5. The van der Waals surface area contributed by atoms with E-state index in [4.69, 9.17) is 9.84 Å². The topological polar surface area (TPSA) is 76.5 Å². The highest BCUT2D eigenvalue weighted by molar-refractivity contribution is 6.00. The Bertz CT molecular complexity index is 1090. The first-order chi connectivity index (χ1) is 15.5. The van der Waals surface area contributed by atoms with Crippen molar-refractivity contribution in [2.45, 2.75) is 19.8 Å². The number of likely N-dealkylation sites (tertiary alicyclic amines) is 1. The van der Waals surface area contributed by atoms with E-state index in [9.17, 15) is 9.59 Å². The van der Waals surface area contributed by atoms with Crippen LogP contribution in [0.15, 0.2) is 60.8 Å². The highest BCUT2D eigenvalue weighted by Crippen LogP contribution is 2.29. The molecule has 0 unspecified atom stereocenters. The Hall–Kier alpha value is -3.61. The van der Waals surface area contributed by atoms with Crippen molar-refractivity contribution in [1.82, 2.24) is 20.0 Å². The average Bonchev–Trinajstić information content (AvgIpc) is 3.29. The van der Waals surface area contributed by atoms with Crippen LogP contribution in [-0.2, 0) is 4.79 Å². The normalized spacial score (nSPS) is 14.2. The second kappa shape index (κ2) is 9.68. The molecule has 0 aliphatic carbocycles. The van der Waals surface area contributed by atoms with Crippen LogP contribution in [0.3, 0.4) is 0 Å². The van der Waals surface area contributed by atoms with Gasteiger partial charge in [-0.3, -0.25) is 9.59 Å². The molecule has 2 amide bonds. The number of hydrogen-bond acceptors (Lipinski definition) is 4. The second-order valence-electron chi connectivity index (χ2n) is 8.08. The number of rotatable bonds is 6. The third-order valence-electron chi connectivity index (χ3n) is 5.85. The summed E-state index contributed by atoms with van der Waals surface area (Å²) in [6.45, 7) is 3.52. The van der Waals surface area contributed by atoms with Crippen molar-refractivity contribution in [3.8, 4) is 22.7 Å². The quantitative estimate of drug-likeness (QED) is 0.647. The Kier molecular flexibility index (Phi) is 6.54. The van der Waals surface area contributed by atoms with Gasteiger partial charge in [0.05, 0.1) is 18.4 Å². The summed E-state index contributed by atoms with van der Waals surface area (Å²) in [6.07, 6.45) is 3.55. The molecule has 166 valence electrons. The molecule has 7 heteroatoms. The number of para-hydroxylation sites is 1. The lowest BCUT2D eigenvalue weighted by Crippen LogP contribution is -2.41. The minimum Gasteiger partial charge on any atom is -0.497 e. The molecule has 0 bridgehead atoms. The smallest absolute Gasteiger partial charge is 0.257 e. The van der Waals surface area contributed by atoms with E-state index in [-0.39, 0.29) is 11.8 Å². The van der Waals surface area contributed by atoms with Gasteiger partial charge < -0.3 is 15.0 Å².